The summed E-state index contributed by atoms with van der Waals surface area (Å²) in [6, 6.07) is 2.07. The fourth-order valence-corrected chi connectivity index (χ4v) is 6.41. The third-order valence-electron chi connectivity index (χ3n) is 4.50. The van der Waals surface area contributed by atoms with E-state index in [2.05, 4.69) is 4.90 Å². The van der Waals surface area contributed by atoms with Crippen LogP contribution in [0.2, 0.25) is 0 Å². The van der Waals surface area contributed by atoms with Gasteiger partial charge in [-0.2, -0.15) is 4.31 Å². The highest BCUT2D eigenvalue weighted by Crippen LogP contribution is 2.31. The zero-order valence-corrected chi connectivity index (χ0v) is 13.9. The van der Waals surface area contributed by atoms with Gasteiger partial charge in [0.1, 0.15) is 4.21 Å². The van der Waals surface area contributed by atoms with Gasteiger partial charge in [0.15, 0.2) is 0 Å². The molecule has 5 nitrogen and oxygen atoms in total. The van der Waals surface area contributed by atoms with Crippen molar-refractivity contribution in [2.45, 2.75) is 43.0 Å². The highest BCUT2D eigenvalue weighted by molar-refractivity contribution is 7.91. The molecule has 1 N–H and O–H groups in total. The Morgan fingerprint density at radius 1 is 1.33 bits per heavy atom. The topological polar surface area (TPSA) is 60.9 Å². The molecule has 21 heavy (non-hydrogen) atoms. The van der Waals surface area contributed by atoms with Crippen LogP contribution in [0, 0.1) is 6.92 Å². The molecule has 118 valence electrons. The lowest BCUT2D eigenvalue weighted by Gasteiger charge is -2.24. The van der Waals surface area contributed by atoms with Gasteiger partial charge in [-0.3, -0.25) is 4.90 Å². The number of aryl methyl sites for hydroxylation is 1. The van der Waals surface area contributed by atoms with E-state index < -0.39 is 10.0 Å². The molecule has 0 bridgehead atoms. The molecule has 3 heterocycles. The zero-order valence-electron chi connectivity index (χ0n) is 12.3. The minimum atomic E-state index is -3.42. The predicted octanol–water partition coefficient (Wildman–Crippen LogP) is 1.41. The Morgan fingerprint density at radius 2 is 2.10 bits per heavy atom. The van der Waals surface area contributed by atoms with Crippen LogP contribution in [0.15, 0.2) is 10.3 Å². The molecular weight excluding hydrogens is 308 g/mol. The van der Waals surface area contributed by atoms with Crippen LogP contribution >= 0.6 is 11.3 Å². The van der Waals surface area contributed by atoms with Crippen molar-refractivity contribution in [2.24, 2.45) is 0 Å². The van der Waals surface area contributed by atoms with Gasteiger partial charge >= 0.3 is 0 Å². The number of aliphatic hydroxyl groups excluding tert-OH is 1. The van der Waals surface area contributed by atoms with Crippen LogP contribution in [0.25, 0.3) is 0 Å². The number of thiophene rings is 1. The average Bonchev–Trinajstić information content (AvgIpc) is 2.99. The first-order valence-corrected chi connectivity index (χ1v) is 9.72. The number of aliphatic hydroxyl groups is 1. The lowest BCUT2D eigenvalue weighted by atomic mass is 10.2. The van der Waals surface area contributed by atoms with Gasteiger partial charge in [0.05, 0.1) is 6.61 Å². The molecule has 1 unspecified atom stereocenters. The van der Waals surface area contributed by atoms with Gasteiger partial charge in [-0.15, -0.1) is 11.3 Å². The molecule has 1 aromatic heterocycles. The molecule has 0 aliphatic carbocycles. The van der Waals surface area contributed by atoms with Crippen LogP contribution in [0.1, 0.15) is 29.7 Å². The number of nitrogens with zero attached hydrogens (tertiary/aromatic N) is 2. The molecule has 2 saturated heterocycles. The molecule has 2 fully saturated rings. The normalized spacial score (nSPS) is 25.0. The third-order valence-corrected chi connectivity index (χ3v) is 8.04. The molecule has 1 atom stereocenters. The first kappa shape index (κ1) is 15.4. The Labute approximate surface area is 130 Å². The van der Waals surface area contributed by atoms with E-state index in [-0.39, 0.29) is 6.61 Å². The van der Waals surface area contributed by atoms with Crippen molar-refractivity contribution >= 4 is 21.4 Å². The van der Waals surface area contributed by atoms with Crippen molar-refractivity contribution in [3.8, 4) is 0 Å². The second-order valence-electron chi connectivity index (χ2n) is 5.88. The second-order valence-corrected chi connectivity index (χ2v) is 9.18. The Balaban J connectivity index is 1.86. The Hall–Kier alpha value is -0.470. The molecule has 2 aliphatic rings. The van der Waals surface area contributed by atoms with Gasteiger partial charge in [-0.1, -0.05) is 0 Å². The average molecular weight is 330 g/mol. The van der Waals surface area contributed by atoms with Gasteiger partial charge in [-0.25, -0.2) is 8.42 Å². The van der Waals surface area contributed by atoms with Crippen LogP contribution in [0.4, 0.5) is 0 Å². The Kier molecular flexibility index (Phi) is 4.38. The maximum atomic E-state index is 12.8. The van der Waals surface area contributed by atoms with Crippen molar-refractivity contribution in [2.75, 3.05) is 26.2 Å². The number of fused-ring (bicyclic) bond motifs is 1. The molecule has 0 saturated carbocycles. The maximum absolute atomic E-state index is 12.8. The minimum Gasteiger partial charge on any atom is -0.391 e. The van der Waals surface area contributed by atoms with Crippen LogP contribution in [-0.4, -0.2) is 55.0 Å². The highest BCUT2D eigenvalue weighted by atomic mass is 32.2. The van der Waals surface area contributed by atoms with Crippen molar-refractivity contribution in [3.05, 3.63) is 16.5 Å². The smallest absolute Gasteiger partial charge is 0.252 e. The van der Waals surface area contributed by atoms with E-state index in [4.69, 9.17) is 0 Å². The highest BCUT2D eigenvalue weighted by Gasteiger charge is 2.35. The van der Waals surface area contributed by atoms with Crippen LogP contribution in [0.3, 0.4) is 0 Å². The summed E-state index contributed by atoms with van der Waals surface area (Å²) < 4.78 is 27.7. The molecule has 3 rings (SSSR count). The fourth-order valence-electron chi connectivity index (χ4n) is 3.29. The van der Waals surface area contributed by atoms with E-state index in [0.717, 1.165) is 36.4 Å². The first-order chi connectivity index (χ1) is 10.0. The van der Waals surface area contributed by atoms with Gasteiger partial charge in [0.25, 0.3) is 10.0 Å². The maximum Gasteiger partial charge on any atom is 0.252 e. The lowest BCUT2D eigenvalue weighted by Crippen LogP contribution is -2.39. The molecule has 7 heteroatoms. The monoisotopic (exact) mass is 330 g/mol. The van der Waals surface area contributed by atoms with Crippen LogP contribution in [0.5, 0.6) is 0 Å². The lowest BCUT2D eigenvalue weighted by molar-refractivity contribution is 0.257. The summed E-state index contributed by atoms with van der Waals surface area (Å²) >= 11 is 1.20. The Bertz CT molecular complexity index is 612. The van der Waals surface area contributed by atoms with E-state index >= 15 is 0 Å². The Morgan fingerprint density at radius 3 is 2.81 bits per heavy atom. The van der Waals surface area contributed by atoms with E-state index in [1.807, 2.05) is 6.92 Å². The zero-order chi connectivity index (χ0) is 15.0. The quantitative estimate of drug-likeness (QED) is 0.910. The van der Waals surface area contributed by atoms with Crippen LogP contribution in [-0.2, 0) is 16.6 Å². The summed E-state index contributed by atoms with van der Waals surface area (Å²) in [5.41, 5.74) is 0.860. The summed E-state index contributed by atoms with van der Waals surface area (Å²) in [4.78, 5) is 3.17. The first-order valence-electron chi connectivity index (χ1n) is 7.47. The van der Waals surface area contributed by atoms with Crippen LogP contribution < -0.4 is 0 Å². The molecule has 0 radical (unpaired) electrons. The number of rotatable bonds is 3. The van der Waals surface area contributed by atoms with Gasteiger partial charge < -0.3 is 5.11 Å². The molecule has 0 amide bonds. The van der Waals surface area contributed by atoms with E-state index in [0.29, 0.717) is 23.3 Å². The molecular formula is C14H22N2O3S2. The largest absolute Gasteiger partial charge is 0.391 e. The summed E-state index contributed by atoms with van der Waals surface area (Å²) in [6.45, 7) is 5.06. The summed E-state index contributed by atoms with van der Waals surface area (Å²) in [5, 5.41) is 9.27. The SMILES string of the molecule is Cc1cc(S(=O)(=O)N2CCCN3CCCC3C2)sc1CO. The van der Waals surface area contributed by atoms with Crippen molar-refractivity contribution in [1.29, 1.82) is 0 Å². The minimum absolute atomic E-state index is 0.0948. The van der Waals surface area contributed by atoms with Crippen molar-refractivity contribution in [1.82, 2.24) is 9.21 Å². The molecule has 0 spiro atoms. The van der Waals surface area contributed by atoms with E-state index in [1.54, 1.807) is 10.4 Å². The number of hydrogen-bond donors (Lipinski definition) is 1. The van der Waals surface area contributed by atoms with Gasteiger partial charge in [0, 0.05) is 24.0 Å². The third kappa shape index (κ3) is 2.90. The molecule has 1 aromatic rings. The summed E-state index contributed by atoms with van der Waals surface area (Å²) in [5.74, 6) is 0. The fraction of sp³-hybridized carbons (Fsp3) is 0.714. The van der Waals surface area contributed by atoms with Gasteiger partial charge in [0.2, 0.25) is 0 Å². The summed E-state index contributed by atoms with van der Waals surface area (Å²) in [7, 11) is -3.42. The predicted molar refractivity (Wildman–Crippen MR) is 82.9 cm³/mol. The van der Waals surface area contributed by atoms with E-state index in [9.17, 15) is 13.5 Å². The molecule has 0 aromatic carbocycles. The standard InChI is InChI=1S/C14H22N2O3S2/c1-11-8-14(20-13(11)10-17)21(18,19)16-7-3-6-15-5-2-4-12(15)9-16/h8,12,17H,2-7,9-10H2,1H3. The van der Waals surface area contributed by atoms with Gasteiger partial charge in [-0.05, 0) is 50.9 Å². The van der Waals surface area contributed by atoms with E-state index in [1.165, 1.54) is 17.8 Å². The molecule has 2 aliphatic heterocycles. The second kappa shape index (κ2) is 5.96. The number of sulfonamides is 1. The number of hydrogen-bond acceptors (Lipinski definition) is 5. The van der Waals surface area contributed by atoms with Crippen molar-refractivity contribution in [3.63, 3.8) is 0 Å². The van der Waals surface area contributed by atoms with Crippen molar-refractivity contribution < 1.29 is 13.5 Å². The summed E-state index contributed by atoms with van der Waals surface area (Å²) in [6.07, 6.45) is 3.16.